The molecule has 4 aliphatic heterocycles. The van der Waals surface area contributed by atoms with Crippen molar-refractivity contribution in [1.82, 2.24) is 20.2 Å². The molecule has 2 unspecified atom stereocenters. The van der Waals surface area contributed by atoms with E-state index < -0.39 is 33.5 Å². The van der Waals surface area contributed by atoms with Crippen LogP contribution in [0.4, 0.5) is 14.6 Å². The van der Waals surface area contributed by atoms with Gasteiger partial charge in [0.25, 0.3) is 0 Å². The number of hydrogen-bond donors (Lipinski definition) is 2. The molecule has 0 saturated carbocycles. The molecule has 3 aromatic carbocycles. The predicted octanol–water partition coefficient (Wildman–Crippen LogP) is 1.39. The predicted molar refractivity (Wildman–Crippen MR) is 152 cm³/mol. The number of nitrogens with one attached hydrogen (secondary N) is 1. The van der Waals surface area contributed by atoms with Crippen molar-refractivity contribution in [3.05, 3.63) is 54.3 Å². The number of ether oxygens (including phenoxy) is 2. The first-order valence-electron chi connectivity index (χ1n) is 14.5. The SMILES string of the molecule is Oc1cc(-c2ccc3c(N4CC5COCC(N5)[I-]4)nc(OC[C@@]45CCCN4C[C@H](F)C5)nc3c2F)c2ccccc2c1. The average Bonchev–Trinajstić information content (AvgIpc) is 3.51. The van der Waals surface area contributed by atoms with E-state index in [0.29, 0.717) is 55.1 Å². The van der Waals surface area contributed by atoms with Gasteiger partial charge in [-0.3, -0.25) is 0 Å². The van der Waals surface area contributed by atoms with Gasteiger partial charge in [-0.15, -0.1) is 0 Å². The van der Waals surface area contributed by atoms with E-state index in [-0.39, 0.29) is 39.5 Å². The number of fused-ring (bicyclic) bond motifs is 5. The number of morpholine rings is 1. The number of hydrogen-bond acceptors (Lipinski definition) is 8. The summed E-state index contributed by atoms with van der Waals surface area (Å²) >= 11 is -0.548. The maximum absolute atomic E-state index is 16.7. The van der Waals surface area contributed by atoms with Crippen LogP contribution in [-0.4, -0.2) is 81.2 Å². The standard InChI is InChI=1S/C31H31F2IN5O3/c32-19-12-31(8-3-9-38(31)13-19)17-42-30-36-28-24(29(37-30)39-14-20-15-41-16-26(34-39)35-20)7-6-23(27(28)33)25-11-21(40)10-18-4-1-2-5-22(18)25/h1-2,4-7,10-11,19-20,26,35,40H,3,8-9,12-17H2/q-1/t19-,20?,26?,31+/m1/s1. The Morgan fingerprint density at radius 3 is 2.90 bits per heavy atom. The van der Waals surface area contributed by atoms with Crippen molar-refractivity contribution in [3.63, 3.8) is 0 Å². The van der Waals surface area contributed by atoms with Crippen LogP contribution in [0.3, 0.4) is 0 Å². The number of nitrogens with zero attached hydrogens (tertiary/aromatic N) is 4. The fraction of sp³-hybridized carbons (Fsp3) is 0.419. The molecule has 220 valence electrons. The summed E-state index contributed by atoms with van der Waals surface area (Å²) in [4.78, 5) is 11.7. The molecule has 0 amide bonds. The third-order valence-corrected chi connectivity index (χ3v) is 11.9. The minimum absolute atomic E-state index is 0.0676. The number of halogens is 3. The molecule has 4 saturated heterocycles. The van der Waals surface area contributed by atoms with Crippen molar-refractivity contribution in [2.45, 2.75) is 41.1 Å². The number of rotatable bonds is 5. The second-order valence-electron chi connectivity index (χ2n) is 11.7. The van der Waals surface area contributed by atoms with Gasteiger partial charge in [-0.1, -0.05) is 0 Å². The summed E-state index contributed by atoms with van der Waals surface area (Å²) in [7, 11) is 0. The molecule has 5 heterocycles. The molecule has 0 radical (unpaired) electrons. The Morgan fingerprint density at radius 2 is 2.00 bits per heavy atom. The van der Waals surface area contributed by atoms with E-state index in [2.05, 4.69) is 18.3 Å². The van der Waals surface area contributed by atoms with Crippen molar-refractivity contribution < 1.29 is 44.8 Å². The molecule has 4 atom stereocenters. The number of aromatic nitrogens is 2. The Morgan fingerprint density at radius 1 is 1.10 bits per heavy atom. The topological polar surface area (TPSA) is 83.0 Å². The number of anilines is 1. The van der Waals surface area contributed by atoms with Crippen LogP contribution in [0.1, 0.15) is 19.3 Å². The Hall–Kier alpha value is -2.87. The summed E-state index contributed by atoms with van der Waals surface area (Å²) < 4.78 is 45.6. The van der Waals surface area contributed by atoms with E-state index in [0.717, 1.165) is 30.2 Å². The van der Waals surface area contributed by atoms with Crippen LogP contribution < -0.4 is 34.6 Å². The molecule has 2 N–H and O–H groups in total. The molecule has 4 aliphatic rings. The van der Waals surface area contributed by atoms with E-state index in [1.54, 1.807) is 18.2 Å². The quantitative estimate of drug-likeness (QED) is 0.141. The summed E-state index contributed by atoms with van der Waals surface area (Å²) in [6, 6.07) is 14.8. The van der Waals surface area contributed by atoms with Crippen LogP contribution >= 0.6 is 0 Å². The second kappa shape index (κ2) is 10.4. The summed E-state index contributed by atoms with van der Waals surface area (Å²) in [6.07, 6.45) is 1.43. The first kappa shape index (κ1) is 26.7. The Labute approximate surface area is 252 Å². The van der Waals surface area contributed by atoms with Gasteiger partial charge in [0.1, 0.15) is 0 Å². The van der Waals surface area contributed by atoms with Crippen molar-refractivity contribution in [1.29, 1.82) is 0 Å². The minimum atomic E-state index is -0.869. The first-order valence-corrected chi connectivity index (χ1v) is 16.7. The molecule has 8 rings (SSSR count). The van der Waals surface area contributed by atoms with Gasteiger partial charge in [-0.2, -0.15) is 0 Å². The van der Waals surface area contributed by atoms with E-state index in [1.807, 2.05) is 30.3 Å². The number of benzene rings is 3. The van der Waals surface area contributed by atoms with E-state index in [9.17, 15) is 9.50 Å². The zero-order valence-corrected chi connectivity index (χ0v) is 25.1. The van der Waals surface area contributed by atoms with Gasteiger partial charge in [0.2, 0.25) is 0 Å². The normalized spacial score (nSPS) is 27.8. The molecule has 4 fully saturated rings. The third kappa shape index (κ3) is 4.56. The number of phenols is 1. The van der Waals surface area contributed by atoms with Gasteiger partial charge in [0, 0.05) is 0 Å². The number of aromatic hydroxyl groups is 1. The fourth-order valence-electron chi connectivity index (χ4n) is 7.08. The van der Waals surface area contributed by atoms with Gasteiger partial charge in [-0.25, -0.2) is 0 Å². The summed E-state index contributed by atoms with van der Waals surface area (Å²) in [5.41, 5.74) is 0.755. The molecule has 42 heavy (non-hydrogen) atoms. The fourth-order valence-corrected chi connectivity index (χ4v) is 10.3. The van der Waals surface area contributed by atoms with Crippen LogP contribution in [0.5, 0.6) is 11.8 Å². The first-order chi connectivity index (χ1) is 20.5. The molecule has 4 aromatic rings. The monoisotopic (exact) mass is 686 g/mol. The summed E-state index contributed by atoms with van der Waals surface area (Å²) in [5, 5.41) is 16.4. The van der Waals surface area contributed by atoms with E-state index in [4.69, 9.17) is 14.5 Å². The van der Waals surface area contributed by atoms with Crippen molar-refractivity contribution in [3.8, 4) is 22.9 Å². The van der Waals surface area contributed by atoms with Crippen LogP contribution in [-0.2, 0) is 4.74 Å². The van der Waals surface area contributed by atoms with Gasteiger partial charge >= 0.3 is 253 Å². The summed E-state index contributed by atoms with van der Waals surface area (Å²) in [6.45, 7) is 3.54. The Balaban J connectivity index is 1.24. The van der Waals surface area contributed by atoms with E-state index in [1.165, 1.54) is 0 Å². The molecule has 1 aromatic heterocycles. The van der Waals surface area contributed by atoms with Gasteiger partial charge in [-0.05, 0) is 0 Å². The van der Waals surface area contributed by atoms with Crippen molar-refractivity contribution in [2.24, 2.45) is 0 Å². The van der Waals surface area contributed by atoms with Crippen LogP contribution in [0.25, 0.3) is 32.8 Å². The van der Waals surface area contributed by atoms with Crippen molar-refractivity contribution in [2.75, 3.05) is 42.6 Å². The molecule has 0 aliphatic carbocycles. The Kier molecular flexibility index (Phi) is 6.61. The van der Waals surface area contributed by atoms with Crippen LogP contribution in [0.2, 0.25) is 0 Å². The second-order valence-corrected chi connectivity index (χ2v) is 15.0. The third-order valence-electron chi connectivity index (χ3n) is 8.98. The average molecular weight is 687 g/mol. The molecular weight excluding hydrogens is 655 g/mol. The zero-order chi connectivity index (χ0) is 28.4. The van der Waals surface area contributed by atoms with Gasteiger partial charge < -0.3 is 0 Å². The number of phenolic OH excluding ortho intramolecular Hbond substituents is 1. The summed E-state index contributed by atoms with van der Waals surface area (Å²) in [5.74, 6) is 0.250. The van der Waals surface area contributed by atoms with Gasteiger partial charge in [0.05, 0.1) is 0 Å². The van der Waals surface area contributed by atoms with Crippen LogP contribution in [0, 0.1) is 5.82 Å². The van der Waals surface area contributed by atoms with E-state index >= 15 is 4.39 Å². The molecule has 8 nitrogen and oxygen atoms in total. The zero-order valence-electron chi connectivity index (χ0n) is 22.9. The molecule has 0 spiro atoms. The maximum atomic E-state index is 16.7. The molecular formula is C31H31F2IN5O3-. The Bertz CT molecular complexity index is 1680. The number of alkyl halides is 2. The van der Waals surface area contributed by atoms with Crippen molar-refractivity contribution >= 4 is 27.5 Å². The molecule has 11 heteroatoms. The molecule has 2 bridgehead atoms. The van der Waals surface area contributed by atoms with Crippen LogP contribution in [0.15, 0.2) is 48.5 Å². The van der Waals surface area contributed by atoms with Gasteiger partial charge in [0.15, 0.2) is 0 Å².